The molecule has 14 heteroatoms. The molecule has 0 aromatic rings. The highest BCUT2D eigenvalue weighted by atomic mass is 16.1. The van der Waals surface area contributed by atoms with Crippen molar-refractivity contribution in [3.8, 4) is 0 Å². The maximum atomic E-state index is 12.0. The van der Waals surface area contributed by atoms with Gasteiger partial charge in [0.05, 0.1) is 12.1 Å². The van der Waals surface area contributed by atoms with Gasteiger partial charge in [-0.3, -0.25) is 4.79 Å². The average Bonchev–Trinajstić information content (AvgIpc) is 2.22. The van der Waals surface area contributed by atoms with E-state index in [0.29, 0.717) is 0 Å². The summed E-state index contributed by atoms with van der Waals surface area (Å²) in [4.78, 5) is 23.0. The molecule has 69 valence electrons. The number of ketones is 1. The van der Waals surface area contributed by atoms with Crippen molar-refractivity contribution in [2.45, 2.75) is 13.3 Å². The van der Waals surface area contributed by atoms with Gasteiger partial charge in [-0.05, 0) is 6.92 Å². The Bertz CT molecular complexity index is 284. The van der Waals surface area contributed by atoms with Gasteiger partial charge in [-0.25, -0.2) is 0 Å². The Labute approximate surface area is 120 Å². The van der Waals surface area contributed by atoms with E-state index in [1.165, 1.54) is 6.92 Å². The van der Waals surface area contributed by atoms with Crippen LogP contribution in [0.25, 0.3) is 0 Å². The van der Waals surface area contributed by atoms with E-state index in [-0.39, 0.29) is 12.2 Å². The van der Waals surface area contributed by atoms with Crippen molar-refractivity contribution in [1.29, 1.82) is 0 Å². The molecule has 0 saturated heterocycles. The van der Waals surface area contributed by atoms with Crippen LogP contribution in [0, 0.1) is 0 Å². The van der Waals surface area contributed by atoms with Crippen molar-refractivity contribution in [3.05, 3.63) is 0 Å². The minimum atomic E-state index is -0.933. The van der Waals surface area contributed by atoms with Crippen molar-refractivity contribution < 1.29 is 9.59 Å². The van der Waals surface area contributed by atoms with Crippen molar-refractivity contribution in [1.82, 2.24) is 0 Å². The lowest BCUT2D eigenvalue weighted by atomic mass is 8.54. The summed E-state index contributed by atoms with van der Waals surface area (Å²) in [6.07, 6.45) is -3.71. The maximum Gasteiger partial charge on any atom is 0.136 e. The van der Waals surface area contributed by atoms with Gasteiger partial charge in [0.15, 0.2) is 0 Å². The lowest BCUT2D eigenvalue weighted by Crippen LogP contribution is -2.71. The average molecular weight is 215 g/mol. The summed E-state index contributed by atoms with van der Waals surface area (Å²) in [5.74, 6) is -0.288. The molecule has 0 atom stereocenters. The smallest absolute Gasteiger partial charge is 0.136 e. The zero-order valence-electron chi connectivity index (χ0n) is 10.5. The molecular weight excluding hydrogens is 210 g/mol. The van der Waals surface area contributed by atoms with Crippen molar-refractivity contribution >= 4 is 97.0 Å². The summed E-state index contributed by atoms with van der Waals surface area (Å²) in [5.41, 5.74) is -0.413. The molecule has 0 rings (SSSR count). The lowest BCUT2D eigenvalue weighted by molar-refractivity contribution is -0.122. The molecule has 0 spiro atoms. The predicted octanol–water partition coefficient (Wildman–Crippen LogP) is -4.53. The van der Waals surface area contributed by atoms with E-state index in [1.54, 1.807) is 0 Å². The molecule has 0 aliphatic carbocycles. The van der Waals surface area contributed by atoms with Crippen LogP contribution in [0.2, 0.25) is 0 Å². The number of hydrogen-bond acceptors (Lipinski definition) is 2. The number of carbonyl (C=O) groups excluding carboxylic acids is 2. The molecule has 0 saturated carbocycles. The molecule has 0 N–H and O–H groups in total. The summed E-state index contributed by atoms with van der Waals surface area (Å²) in [6.45, 7) is 0.422. The first-order chi connectivity index (χ1) is 8.22. The van der Waals surface area contributed by atoms with Gasteiger partial charge in [-0.15, -0.1) is 0 Å². The quantitative estimate of drug-likeness (QED) is 0.302. The molecular formula is C4H5B12O2. The van der Waals surface area contributed by atoms with E-state index in [4.69, 9.17) is 46.4 Å². The Balaban J connectivity index is 5.18. The molecule has 0 aromatic heterocycles. The topological polar surface area (TPSA) is 34.1 Å². The highest BCUT2D eigenvalue weighted by Gasteiger charge is 2.40. The summed E-state index contributed by atoms with van der Waals surface area (Å²) in [5, 5.41) is 0. The van der Waals surface area contributed by atoms with Crippen LogP contribution in [-0.2, 0) is 9.59 Å². The SMILES string of the molecule is [B][B]B([B])B(B(B([B])[B])B([B])[B])C(=O)CC(C)=O. The van der Waals surface area contributed by atoms with E-state index in [1.807, 2.05) is 0 Å². The molecule has 2 nitrogen and oxygen atoms in total. The Hall–Kier alpha value is 0.119. The molecule has 0 amide bonds. The second kappa shape index (κ2) is 8.32. The van der Waals surface area contributed by atoms with Crippen molar-refractivity contribution in [2.75, 3.05) is 0 Å². The summed E-state index contributed by atoms with van der Waals surface area (Å²) in [6, 6.07) is 0. The van der Waals surface area contributed by atoms with Gasteiger partial charge >= 0.3 is 0 Å². The Morgan fingerprint density at radius 2 is 1.50 bits per heavy atom. The minimum Gasteiger partial charge on any atom is -0.312 e. The van der Waals surface area contributed by atoms with Crippen LogP contribution in [0.15, 0.2) is 0 Å². The highest BCUT2D eigenvalue weighted by molar-refractivity contribution is 8.05. The molecule has 0 heterocycles. The first-order valence-corrected chi connectivity index (χ1v) is 5.57. The van der Waals surface area contributed by atoms with Gasteiger partial charge in [0.2, 0.25) is 0 Å². The second-order valence-electron chi connectivity index (χ2n) is 4.37. The fraction of sp³-hybridized carbons (Fsp3) is 0.500. The minimum absolute atomic E-state index is 0.276. The van der Waals surface area contributed by atoms with E-state index in [9.17, 15) is 9.59 Å². The van der Waals surface area contributed by atoms with Crippen LogP contribution in [0.3, 0.4) is 0 Å². The molecule has 0 fully saturated rings. The monoisotopic (exact) mass is 217 g/mol. The predicted molar refractivity (Wildman–Crippen MR) is 89.4 cm³/mol. The number of carbonyl (C=O) groups is 2. The van der Waals surface area contributed by atoms with Gasteiger partial charge in [0.25, 0.3) is 0 Å². The number of rotatable bonds is 8. The Morgan fingerprint density at radius 3 is 1.78 bits per heavy atom. The van der Waals surface area contributed by atoms with Gasteiger partial charge < -0.3 is 4.79 Å². The number of hydrogen-bond donors (Lipinski definition) is 0. The van der Waals surface area contributed by atoms with Gasteiger partial charge in [0.1, 0.15) is 12.3 Å². The standard InChI is InChI=1S/C4H5B12O2/c1-3(17)2-4(18)12(15(10)11-5)16(13(6)7)14(8)9/h2H2,1H3. The van der Waals surface area contributed by atoms with Gasteiger partial charge in [0, 0.05) is 79.0 Å². The highest BCUT2D eigenvalue weighted by Crippen LogP contribution is 2.02. The molecule has 0 aromatic carbocycles. The van der Waals surface area contributed by atoms with Gasteiger partial charge in [-0.1, -0.05) is 0 Å². The van der Waals surface area contributed by atoms with E-state index < -0.39 is 37.7 Å². The third kappa shape index (κ3) is 5.40. The summed E-state index contributed by atoms with van der Waals surface area (Å²) in [7, 11) is 34.5. The zero-order chi connectivity index (χ0) is 14.5. The Kier molecular flexibility index (Phi) is 8.38. The fourth-order valence-corrected chi connectivity index (χ4v) is 1.90. The summed E-state index contributed by atoms with van der Waals surface area (Å²) >= 11 is 0. The molecule has 18 heavy (non-hydrogen) atoms. The van der Waals surface area contributed by atoms with E-state index in [0.717, 1.165) is 7.06 Å². The van der Waals surface area contributed by atoms with Gasteiger partial charge in [-0.2, -0.15) is 0 Å². The lowest BCUT2D eigenvalue weighted by Gasteiger charge is -2.31. The fourth-order valence-electron chi connectivity index (χ4n) is 1.90. The zero-order valence-corrected chi connectivity index (χ0v) is 10.5. The van der Waals surface area contributed by atoms with Crippen LogP contribution < -0.4 is 0 Å². The molecule has 0 bridgehead atoms. The Morgan fingerprint density at radius 1 is 1.06 bits per heavy atom. The summed E-state index contributed by atoms with van der Waals surface area (Å²) < 4.78 is 0. The van der Waals surface area contributed by atoms with Crippen LogP contribution in [0.5, 0.6) is 0 Å². The van der Waals surface area contributed by atoms with Crippen molar-refractivity contribution in [2.24, 2.45) is 0 Å². The first kappa shape index (κ1) is 18.1. The molecule has 13 radical (unpaired) electrons. The van der Waals surface area contributed by atoms with Crippen LogP contribution in [-0.4, -0.2) is 97.0 Å². The molecule has 0 aliphatic heterocycles. The van der Waals surface area contributed by atoms with Crippen LogP contribution in [0.4, 0.5) is 0 Å². The normalized spacial score (nSPS) is 9.17. The third-order valence-electron chi connectivity index (χ3n) is 2.74. The van der Waals surface area contributed by atoms with Crippen LogP contribution >= 0.6 is 0 Å². The molecule has 0 aliphatic rings. The third-order valence-corrected chi connectivity index (χ3v) is 2.74. The second-order valence-corrected chi connectivity index (χ2v) is 4.37. The van der Waals surface area contributed by atoms with E-state index in [2.05, 4.69) is 0 Å². The maximum absolute atomic E-state index is 12.0. The van der Waals surface area contributed by atoms with Crippen LogP contribution in [0.1, 0.15) is 13.3 Å². The molecule has 0 unspecified atom stereocenters. The van der Waals surface area contributed by atoms with Crippen molar-refractivity contribution in [3.63, 3.8) is 0 Å². The van der Waals surface area contributed by atoms with E-state index >= 15 is 0 Å². The number of Topliss-reactive ketones (excluding diaryl/α,β-unsaturated/α-hetero) is 1. The first-order valence-electron chi connectivity index (χ1n) is 5.57. The largest absolute Gasteiger partial charge is 0.312 e.